The van der Waals surface area contributed by atoms with Crippen LogP contribution in [0.1, 0.15) is 26.3 Å². The highest BCUT2D eigenvalue weighted by molar-refractivity contribution is 6.06. The van der Waals surface area contributed by atoms with Gasteiger partial charge in [0.25, 0.3) is 11.8 Å². The maximum atomic E-state index is 13.7. The summed E-state index contributed by atoms with van der Waals surface area (Å²) in [6.07, 6.45) is -4.79. The fourth-order valence-corrected chi connectivity index (χ4v) is 2.59. The van der Waals surface area contributed by atoms with Gasteiger partial charge in [0.1, 0.15) is 5.82 Å². The van der Waals surface area contributed by atoms with Gasteiger partial charge in [-0.25, -0.2) is 4.39 Å². The second-order valence-electron chi connectivity index (χ2n) is 6.01. The Balaban J connectivity index is 1.87. The predicted octanol–water partition coefficient (Wildman–Crippen LogP) is 5.35. The van der Waals surface area contributed by atoms with E-state index in [0.29, 0.717) is 6.07 Å². The summed E-state index contributed by atoms with van der Waals surface area (Å²) < 4.78 is 54.1. The van der Waals surface area contributed by atoms with E-state index >= 15 is 0 Å². The molecule has 0 spiro atoms. The zero-order chi connectivity index (χ0) is 21.0. The number of carbonyl (C=O) groups is 2. The third kappa shape index (κ3) is 4.78. The van der Waals surface area contributed by atoms with Crippen LogP contribution in [-0.4, -0.2) is 11.8 Å². The van der Waals surface area contributed by atoms with Crippen LogP contribution in [0.3, 0.4) is 0 Å². The van der Waals surface area contributed by atoms with Crippen LogP contribution in [0.5, 0.6) is 0 Å². The van der Waals surface area contributed by atoms with Crippen molar-refractivity contribution in [3.8, 4) is 0 Å². The summed E-state index contributed by atoms with van der Waals surface area (Å²) in [7, 11) is 0. The molecule has 0 fully saturated rings. The molecule has 0 saturated carbocycles. The van der Waals surface area contributed by atoms with Crippen molar-refractivity contribution in [3.05, 3.63) is 95.3 Å². The number of amides is 2. The molecule has 0 aliphatic carbocycles. The van der Waals surface area contributed by atoms with Crippen molar-refractivity contribution < 1.29 is 27.2 Å². The number of hydrogen-bond donors (Lipinski definition) is 2. The Morgan fingerprint density at radius 2 is 1.41 bits per heavy atom. The molecular formula is C21H14F4N2O2. The molecule has 0 aliphatic rings. The first-order chi connectivity index (χ1) is 13.8. The van der Waals surface area contributed by atoms with Gasteiger partial charge < -0.3 is 10.6 Å². The fourth-order valence-electron chi connectivity index (χ4n) is 2.59. The second-order valence-corrected chi connectivity index (χ2v) is 6.01. The van der Waals surface area contributed by atoms with Gasteiger partial charge in [-0.3, -0.25) is 9.59 Å². The van der Waals surface area contributed by atoms with Crippen molar-refractivity contribution in [2.24, 2.45) is 0 Å². The van der Waals surface area contributed by atoms with Crippen LogP contribution in [0.4, 0.5) is 28.9 Å². The smallest absolute Gasteiger partial charge is 0.322 e. The molecule has 29 heavy (non-hydrogen) atoms. The largest absolute Gasteiger partial charge is 0.418 e. The van der Waals surface area contributed by atoms with Crippen molar-refractivity contribution in [3.63, 3.8) is 0 Å². The van der Waals surface area contributed by atoms with Crippen molar-refractivity contribution in [2.75, 3.05) is 10.6 Å². The van der Waals surface area contributed by atoms with Crippen LogP contribution >= 0.6 is 0 Å². The maximum Gasteiger partial charge on any atom is 0.418 e. The monoisotopic (exact) mass is 402 g/mol. The first kappa shape index (κ1) is 20.1. The predicted molar refractivity (Wildman–Crippen MR) is 100 cm³/mol. The first-order valence-corrected chi connectivity index (χ1v) is 8.39. The summed E-state index contributed by atoms with van der Waals surface area (Å²) in [5.41, 5.74) is -1.91. The highest BCUT2D eigenvalue weighted by Crippen LogP contribution is 2.37. The van der Waals surface area contributed by atoms with Crippen LogP contribution in [0.2, 0.25) is 0 Å². The standard InChI is InChI=1S/C21H14F4N2O2/c22-17-9-5-4-8-15(17)20(29)26-14-10-11-18(16(12-14)21(23,24)25)27-19(28)13-6-2-1-3-7-13/h1-12H,(H,26,29)(H,27,28). The third-order valence-corrected chi connectivity index (χ3v) is 3.99. The number of benzene rings is 3. The number of anilines is 2. The van der Waals surface area contributed by atoms with E-state index in [0.717, 1.165) is 12.1 Å². The molecule has 2 amide bonds. The Hall–Kier alpha value is -3.68. The average Bonchev–Trinajstić information content (AvgIpc) is 2.69. The van der Waals surface area contributed by atoms with Gasteiger partial charge in [0.05, 0.1) is 16.8 Å². The molecule has 0 atom stereocenters. The molecule has 0 heterocycles. The molecular weight excluding hydrogens is 388 g/mol. The fraction of sp³-hybridized carbons (Fsp3) is 0.0476. The highest BCUT2D eigenvalue weighted by Gasteiger charge is 2.34. The summed E-state index contributed by atoms with van der Waals surface area (Å²) in [5, 5.41) is 4.46. The Morgan fingerprint density at radius 3 is 2.07 bits per heavy atom. The average molecular weight is 402 g/mol. The lowest BCUT2D eigenvalue weighted by Gasteiger charge is -2.16. The van der Waals surface area contributed by atoms with E-state index in [1.807, 2.05) is 0 Å². The van der Waals surface area contributed by atoms with Crippen molar-refractivity contribution in [2.45, 2.75) is 6.18 Å². The SMILES string of the molecule is O=C(Nc1ccc(NC(=O)c2ccccc2F)cc1C(F)(F)F)c1ccccc1. The lowest BCUT2D eigenvalue weighted by molar-refractivity contribution is -0.136. The summed E-state index contributed by atoms with van der Waals surface area (Å²) in [5.74, 6) is -2.40. The molecule has 0 aromatic heterocycles. The molecule has 0 aliphatic heterocycles. The molecule has 148 valence electrons. The van der Waals surface area contributed by atoms with E-state index < -0.39 is 35.1 Å². The second kappa shape index (κ2) is 8.14. The molecule has 0 radical (unpaired) electrons. The minimum atomic E-state index is -4.79. The van der Waals surface area contributed by atoms with Gasteiger partial charge in [0, 0.05) is 11.3 Å². The molecule has 3 aromatic rings. The Morgan fingerprint density at radius 1 is 0.759 bits per heavy atom. The van der Waals surface area contributed by atoms with Crippen molar-refractivity contribution in [1.29, 1.82) is 0 Å². The Kier molecular flexibility index (Phi) is 5.63. The van der Waals surface area contributed by atoms with Crippen LogP contribution in [-0.2, 0) is 6.18 Å². The Labute approximate surface area is 163 Å². The molecule has 8 heteroatoms. The molecule has 0 saturated heterocycles. The molecule has 4 nitrogen and oxygen atoms in total. The van der Waals surface area contributed by atoms with Crippen LogP contribution < -0.4 is 10.6 Å². The molecule has 2 N–H and O–H groups in total. The normalized spacial score (nSPS) is 11.0. The first-order valence-electron chi connectivity index (χ1n) is 8.39. The summed E-state index contributed by atoms with van der Waals surface area (Å²) >= 11 is 0. The van der Waals surface area contributed by atoms with E-state index in [1.54, 1.807) is 18.2 Å². The van der Waals surface area contributed by atoms with E-state index in [9.17, 15) is 27.2 Å². The Bertz CT molecular complexity index is 1050. The third-order valence-electron chi connectivity index (χ3n) is 3.99. The number of alkyl halides is 3. The molecule has 3 aromatic carbocycles. The van der Waals surface area contributed by atoms with Crippen molar-refractivity contribution in [1.82, 2.24) is 0 Å². The lowest BCUT2D eigenvalue weighted by Crippen LogP contribution is -2.18. The van der Waals surface area contributed by atoms with Gasteiger partial charge in [-0.2, -0.15) is 13.2 Å². The van der Waals surface area contributed by atoms with Gasteiger partial charge in [-0.15, -0.1) is 0 Å². The topological polar surface area (TPSA) is 58.2 Å². The number of rotatable bonds is 4. The molecule has 0 unspecified atom stereocenters. The van der Waals surface area contributed by atoms with E-state index in [-0.39, 0.29) is 16.8 Å². The number of nitrogens with one attached hydrogen (secondary N) is 2. The van der Waals surface area contributed by atoms with Crippen LogP contribution in [0.25, 0.3) is 0 Å². The van der Waals surface area contributed by atoms with Gasteiger partial charge in [-0.05, 0) is 42.5 Å². The summed E-state index contributed by atoms with van der Waals surface area (Å²) in [6.45, 7) is 0. The highest BCUT2D eigenvalue weighted by atomic mass is 19.4. The number of carbonyl (C=O) groups excluding carboxylic acids is 2. The lowest BCUT2D eigenvalue weighted by atomic mass is 10.1. The van der Waals surface area contributed by atoms with Gasteiger partial charge in [0.2, 0.25) is 0 Å². The minimum Gasteiger partial charge on any atom is -0.322 e. The summed E-state index contributed by atoms with van der Waals surface area (Å²) in [4.78, 5) is 24.3. The van der Waals surface area contributed by atoms with E-state index in [4.69, 9.17) is 0 Å². The molecule has 3 rings (SSSR count). The van der Waals surface area contributed by atoms with Crippen LogP contribution in [0.15, 0.2) is 72.8 Å². The zero-order valence-corrected chi connectivity index (χ0v) is 14.8. The quantitative estimate of drug-likeness (QED) is 0.578. The van der Waals surface area contributed by atoms with Crippen LogP contribution in [0, 0.1) is 5.82 Å². The maximum absolute atomic E-state index is 13.7. The van der Waals surface area contributed by atoms with Gasteiger partial charge in [-0.1, -0.05) is 30.3 Å². The summed E-state index contributed by atoms with van der Waals surface area (Å²) in [6, 6.07) is 15.8. The number of halogens is 4. The number of hydrogen-bond acceptors (Lipinski definition) is 2. The van der Waals surface area contributed by atoms with E-state index in [1.165, 1.54) is 36.4 Å². The minimum absolute atomic E-state index is 0.191. The van der Waals surface area contributed by atoms with Gasteiger partial charge >= 0.3 is 6.18 Å². The molecule has 0 bridgehead atoms. The van der Waals surface area contributed by atoms with Crippen molar-refractivity contribution >= 4 is 23.2 Å². The van der Waals surface area contributed by atoms with E-state index in [2.05, 4.69) is 10.6 Å². The zero-order valence-electron chi connectivity index (χ0n) is 14.8. The van der Waals surface area contributed by atoms with Gasteiger partial charge in [0.15, 0.2) is 0 Å².